The van der Waals surface area contributed by atoms with E-state index in [1.54, 1.807) is 17.5 Å². The fraction of sp³-hybridized carbons (Fsp3) is 0.182. The van der Waals surface area contributed by atoms with Crippen LogP contribution in [-0.4, -0.2) is 4.98 Å². The van der Waals surface area contributed by atoms with E-state index in [4.69, 9.17) is 5.73 Å². The maximum Gasteiger partial charge on any atom is 0.187 e. The molecule has 0 bridgehead atoms. The average molecular weight is 298 g/mol. The number of rotatable bonds is 3. The minimum absolute atomic E-state index is 0.536. The quantitative estimate of drug-likeness (QED) is 0.913. The van der Waals surface area contributed by atoms with Gasteiger partial charge in [-0.05, 0) is 40.5 Å². The van der Waals surface area contributed by atoms with E-state index in [0.717, 1.165) is 20.2 Å². The zero-order valence-corrected chi connectivity index (χ0v) is 11.2. The number of aromatic nitrogens is 1. The highest BCUT2D eigenvalue weighted by atomic mass is 79.9. The van der Waals surface area contributed by atoms with E-state index in [1.165, 1.54) is 5.56 Å². The number of hydrogen-bond acceptors (Lipinski definition) is 4. The van der Waals surface area contributed by atoms with Gasteiger partial charge in [-0.25, -0.2) is 4.98 Å². The van der Waals surface area contributed by atoms with Crippen molar-refractivity contribution in [3.8, 4) is 0 Å². The summed E-state index contributed by atoms with van der Waals surface area (Å²) in [5.41, 5.74) is 7.78. The Bertz CT molecular complexity index is 496. The molecule has 0 aliphatic rings. The summed E-state index contributed by atoms with van der Waals surface area (Å²) in [4.78, 5) is 5.33. The van der Waals surface area contributed by atoms with Gasteiger partial charge in [-0.3, -0.25) is 0 Å². The van der Waals surface area contributed by atoms with Crippen molar-refractivity contribution in [1.29, 1.82) is 0 Å². The maximum absolute atomic E-state index is 5.54. The predicted molar refractivity (Wildman–Crippen MR) is 72.2 cm³/mol. The van der Waals surface area contributed by atoms with Crippen LogP contribution in [0.2, 0.25) is 0 Å². The number of nitrogens with one attached hydrogen (secondary N) is 1. The van der Waals surface area contributed by atoms with Crippen molar-refractivity contribution in [3.63, 3.8) is 0 Å². The average Bonchev–Trinajstić information content (AvgIpc) is 2.70. The number of aryl methyl sites for hydroxylation is 1. The van der Waals surface area contributed by atoms with E-state index in [0.29, 0.717) is 6.54 Å². The molecule has 3 nitrogen and oxygen atoms in total. The smallest absolute Gasteiger partial charge is 0.187 e. The molecule has 1 aromatic carbocycles. The van der Waals surface area contributed by atoms with Crippen LogP contribution in [0.15, 0.2) is 28.9 Å². The van der Waals surface area contributed by atoms with Crippen molar-refractivity contribution in [2.45, 2.75) is 13.5 Å². The second kappa shape index (κ2) is 4.95. The summed E-state index contributed by atoms with van der Waals surface area (Å²) in [5, 5.41) is 4.12. The van der Waals surface area contributed by atoms with E-state index < -0.39 is 0 Å². The Morgan fingerprint density at radius 3 is 2.94 bits per heavy atom. The van der Waals surface area contributed by atoms with Crippen molar-refractivity contribution in [2.75, 3.05) is 5.32 Å². The SMILES string of the molecule is Cc1ccc(Nc2ncc(CN)s2)c(Br)c1. The molecule has 2 aromatic rings. The lowest BCUT2D eigenvalue weighted by Gasteiger charge is -2.05. The Kier molecular flexibility index (Phi) is 3.58. The standard InChI is InChI=1S/C11H12BrN3S/c1-7-2-3-10(9(12)4-7)15-11-14-6-8(5-13)16-11/h2-4,6H,5,13H2,1H3,(H,14,15). The monoisotopic (exact) mass is 297 g/mol. The molecule has 0 atom stereocenters. The fourth-order valence-corrected chi connectivity index (χ4v) is 2.59. The molecule has 0 aliphatic carbocycles. The summed E-state index contributed by atoms with van der Waals surface area (Å²) in [6.45, 7) is 2.60. The van der Waals surface area contributed by atoms with Crippen LogP contribution in [-0.2, 0) is 6.54 Å². The minimum atomic E-state index is 0.536. The second-order valence-corrected chi connectivity index (χ2v) is 5.41. The van der Waals surface area contributed by atoms with Crippen LogP contribution in [0.3, 0.4) is 0 Å². The zero-order valence-electron chi connectivity index (χ0n) is 8.83. The van der Waals surface area contributed by atoms with Gasteiger partial charge in [0.15, 0.2) is 5.13 Å². The number of nitrogens with two attached hydrogens (primary N) is 1. The van der Waals surface area contributed by atoms with Crippen molar-refractivity contribution in [2.24, 2.45) is 5.73 Å². The van der Waals surface area contributed by atoms with Crippen molar-refractivity contribution >= 4 is 38.1 Å². The normalized spacial score (nSPS) is 10.4. The number of nitrogens with zero attached hydrogens (tertiary/aromatic N) is 1. The lowest BCUT2D eigenvalue weighted by Crippen LogP contribution is -1.91. The third-order valence-electron chi connectivity index (χ3n) is 2.12. The van der Waals surface area contributed by atoms with Crippen molar-refractivity contribution in [1.82, 2.24) is 4.98 Å². The fourth-order valence-electron chi connectivity index (χ4n) is 1.30. The number of hydrogen-bond donors (Lipinski definition) is 2. The molecule has 2 rings (SSSR count). The number of anilines is 2. The van der Waals surface area contributed by atoms with Gasteiger partial charge in [-0.2, -0.15) is 0 Å². The molecule has 0 unspecified atom stereocenters. The van der Waals surface area contributed by atoms with Crippen LogP contribution in [0, 0.1) is 6.92 Å². The van der Waals surface area contributed by atoms with Crippen LogP contribution in [0.1, 0.15) is 10.4 Å². The van der Waals surface area contributed by atoms with Gasteiger partial charge in [0.05, 0.1) is 5.69 Å². The molecular formula is C11H12BrN3S. The second-order valence-electron chi connectivity index (χ2n) is 3.44. The van der Waals surface area contributed by atoms with Crippen LogP contribution >= 0.6 is 27.3 Å². The van der Waals surface area contributed by atoms with Gasteiger partial charge in [0.2, 0.25) is 0 Å². The molecule has 0 radical (unpaired) electrons. The topological polar surface area (TPSA) is 50.9 Å². The molecule has 16 heavy (non-hydrogen) atoms. The molecule has 84 valence electrons. The van der Waals surface area contributed by atoms with Gasteiger partial charge in [-0.1, -0.05) is 6.07 Å². The van der Waals surface area contributed by atoms with Crippen molar-refractivity contribution in [3.05, 3.63) is 39.3 Å². The molecule has 0 spiro atoms. The van der Waals surface area contributed by atoms with Crippen LogP contribution in [0.4, 0.5) is 10.8 Å². The summed E-state index contributed by atoms with van der Waals surface area (Å²) < 4.78 is 1.04. The lowest BCUT2D eigenvalue weighted by molar-refractivity contribution is 1.10. The summed E-state index contributed by atoms with van der Waals surface area (Å²) in [7, 11) is 0. The Morgan fingerprint density at radius 1 is 1.50 bits per heavy atom. The van der Waals surface area contributed by atoms with E-state index in [1.807, 2.05) is 6.07 Å². The first-order valence-corrected chi connectivity index (χ1v) is 6.48. The van der Waals surface area contributed by atoms with Gasteiger partial charge in [-0.15, -0.1) is 11.3 Å². The van der Waals surface area contributed by atoms with E-state index >= 15 is 0 Å². The summed E-state index contributed by atoms with van der Waals surface area (Å²) in [6, 6.07) is 6.16. The molecule has 1 aromatic heterocycles. The minimum Gasteiger partial charge on any atom is -0.331 e. The van der Waals surface area contributed by atoms with Crippen LogP contribution in [0.25, 0.3) is 0 Å². The molecule has 5 heteroatoms. The highest BCUT2D eigenvalue weighted by Gasteiger charge is 2.04. The molecule has 0 amide bonds. The Hall–Kier alpha value is -0.910. The number of thiazole rings is 1. The Balaban J connectivity index is 2.20. The van der Waals surface area contributed by atoms with Gasteiger partial charge < -0.3 is 11.1 Å². The van der Waals surface area contributed by atoms with E-state index in [2.05, 4.69) is 45.3 Å². The highest BCUT2D eigenvalue weighted by Crippen LogP contribution is 2.28. The lowest BCUT2D eigenvalue weighted by atomic mass is 10.2. The van der Waals surface area contributed by atoms with E-state index in [-0.39, 0.29) is 0 Å². The zero-order chi connectivity index (χ0) is 11.5. The predicted octanol–water partition coefficient (Wildman–Crippen LogP) is 3.42. The van der Waals surface area contributed by atoms with Crippen LogP contribution in [0.5, 0.6) is 0 Å². The van der Waals surface area contributed by atoms with Gasteiger partial charge in [0.1, 0.15) is 0 Å². The summed E-state index contributed by atoms with van der Waals surface area (Å²) in [5.74, 6) is 0. The molecule has 3 N–H and O–H groups in total. The molecule has 1 heterocycles. The first-order chi connectivity index (χ1) is 7.69. The molecule has 0 saturated heterocycles. The Labute approximate surface area is 107 Å². The largest absolute Gasteiger partial charge is 0.331 e. The first kappa shape index (κ1) is 11.6. The highest BCUT2D eigenvalue weighted by molar-refractivity contribution is 9.10. The third kappa shape index (κ3) is 2.61. The van der Waals surface area contributed by atoms with Gasteiger partial charge in [0.25, 0.3) is 0 Å². The summed E-state index contributed by atoms with van der Waals surface area (Å²) >= 11 is 5.09. The van der Waals surface area contributed by atoms with Crippen molar-refractivity contribution < 1.29 is 0 Å². The Morgan fingerprint density at radius 2 is 2.31 bits per heavy atom. The van der Waals surface area contributed by atoms with Gasteiger partial charge in [0, 0.05) is 22.1 Å². The third-order valence-corrected chi connectivity index (χ3v) is 3.71. The maximum atomic E-state index is 5.54. The molecule has 0 fully saturated rings. The summed E-state index contributed by atoms with van der Waals surface area (Å²) in [6.07, 6.45) is 1.80. The van der Waals surface area contributed by atoms with E-state index in [9.17, 15) is 0 Å². The number of benzene rings is 1. The van der Waals surface area contributed by atoms with Crippen LogP contribution < -0.4 is 11.1 Å². The first-order valence-electron chi connectivity index (χ1n) is 4.87. The molecule has 0 saturated carbocycles. The molecule has 0 aliphatic heterocycles. The number of halogens is 1. The molecular weight excluding hydrogens is 286 g/mol. The van der Waals surface area contributed by atoms with Gasteiger partial charge >= 0.3 is 0 Å².